The van der Waals surface area contributed by atoms with Gasteiger partial charge in [-0.15, -0.1) is 11.3 Å². The molecule has 0 amide bonds. The second-order valence-corrected chi connectivity index (χ2v) is 9.34. The molecule has 1 aromatic carbocycles. The summed E-state index contributed by atoms with van der Waals surface area (Å²) in [5.41, 5.74) is 1.93. The minimum absolute atomic E-state index is 0.581. The maximum Gasteiger partial charge on any atom is 0.231 e. The Labute approximate surface area is 180 Å². The molecule has 2 aromatic heterocycles. The van der Waals surface area contributed by atoms with E-state index in [1.807, 2.05) is 12.1 Å². The molecule has 1 atom stereocenters. The third kappa shape index (κ3) is 3.91. The van der Waals surface area contributed by atoms with Gasteiger partial charge in [0.15, 0.2) is 5.82 Å². The van der Waals surface area contributed by atoms with Gasteiger partial charge in [-0.05, 0) is 48.9 Å². The largest absolute Gasteiger partial charge is 0.438 e. The average Bonchev–Trinajstić information content (AvgIpc) is 3.12. The van der Waals surface area contributed by atoms with Gasteiger partial charge in [-0.3, -0.25) is 0 Å². The molecule has 0 bridgehead atoms. The summed E-state index contributed by atoms with van der Waals surface area (Å²) in [6.45, 7) is 6.60. The van der Waals surface area contributed by atoms with E-state index in [9.17, 15) is 5.26 Å². The number of hydrogen-bond donors (Lipinski definition) is 1. The van der Waals surface area contributed by atoms with Gasteiger partial charge in [-0.25, -0.2) is 4.98 Å². The van der Waals surface area contributed by atoms with Crippen LogP contribution >= 0.6 is 11.3 Å². The average molecular weight is 422 g/mol. The summed E-state index contributed by atoms with van der Waals surface area (Å²) in [4.78, 5) is 13.7. The summed E-state index contributed by atoms with van der Waals surface area (Å²) < 4.78 is 11.8. The number of hydrogen-bond acceptors (Lipinski definition) is 6. The Balaban J connectivity index is 1.56. The number of nitrogens with zero attached hydrogens (tertiary/aromatic N) is 3. The molecule has 30 heavy (non-hydrogen) atoms. The summed E-state index contributed by atoms with van der Waals surface area (Å²) in [7, 11) is 0. The number of ether oxygens (including phenoxy) is 2. The first kappa shape index (κ1) is 19.4. The summed E-state index contributed by atoms with van der Waals surface area (Å²) >= 11 is 1.79. The van der Waals surface area contributed by atoms with Crippen LogP contribution in [0.4, 0.5) is 0 Å². The van der Waals surface area contributed by atoms with Crippen LogP contribution < -0.4 is 9.64 Å². The van der Waals surface area contributed by atoms with Crippen LogP contribution in [-0.4, -0.2) is 36.3 Å². The van der Waals surface area contributed by atoms with Gasteiger partial charge in [0.2, 0.25) is 5.88 Å². The molecule has 7 heteroatoms. The van der Waals surface area contributed by atoms with Crippen LogP contribution in [0.1, 0.15) is 35.2 Å². The molecule has 3 aromatic rings. The van der Waals surface area contributed by atoms with Crippen LogP contribution in [0.2, 0.25) is 0 Å². The summed E-state index contributed by atoms with van der Waals surface area (Å²) in [5, 5.41) is 10.3. The SMILES string of the molecule is C[C@H]1CCc2c(sc3nc(C[NH+]4CCOCC4)nc(Oc4cccc(C#N)c4)c23)C1. The van der Waals surface area contributed by atoms with Gasteiger partial charge in [-0.2, -0.15) is 10.2 Å². The van der Waals surface area contributed by atoms with Crippen molar-refractivity contribution in [3.63, 3.8) is 0 Å². The molecular formula is C23H25N4O2S+. The Morgan fingerprint density at radius 1 is 1.30 bits per heavy atom. The predicted octanol–water partition coefficient (Wildman–Crippen LogP) is 2.90. The zero-order valence-electron chi connectivity index (χ0n) is 17.1. The van der Waals surface area contributed by atoms with Crippen molar-refractivity contribution in [3.8, 4) is 17.7 Å². The third-order valence-corrected chi connectivity index (χ3v) is 7.10. The van der Waals surface area contributed by atoms with Gasteiger partial charge < -0.3 is 14.4 Å². The number of morpholine rings is 1. The molecule has 5 rings (SSSR count). The predicted molar refractivity (Wildman–Crippen MR) is 115 cm³/mol. The number of quaternary nitrogens is 1. The van der Waals surface area contributed by atoms with E-state index in [2.05, 4.69) is 13.0 Å². The van der Waals surface area contributed by atoms with E-state index in [4.69, 9.17) is 19.4 Å². The lowest BCUT2D eigenvalue weighted by molar-refractivity contribution is -0.922. The minimum Gasteiger partial charge on any atom is -0.438 e. The van der Waals surface area contributed by atoms with Crippen molar-refractivity contribution in [2.45, 2.75) is 32.7 Å². The molecule has 2 aliphatic rings. The van der Waals surface area contributed by atoms with Crippen molar-refractivity contribution in [3.05, 3.63) is 46.1 Å². The molecule has 1 fully saturated rings. The van der Waals surface area contributed by atoms with Crippen molar-refractivity contribution in [1.82, 2.24) is 9.97 Å². The van der Waals surface area contributed by atoms with Crippen molar-refractivity contribution in [2.24, 2.45) is 5.92 Å². The van der Waals surface area contributed by atoms with E-state index < -0.39 is 0 Å². The molecule has 154 valence electrons. The number of nitriles is 1. The fourth-order valence-corrected chi connectivity index (χ4v) is 5.70. The topological polar surface area (TPSA) is 72.5 Å². The number of benzene rings is 1. The van der Waals surface area contributed by atoms with Crippen molar-refractivity contribution in [2.75, 3.05) is 26.3 Å². The van der Waals surface area contributed by atoms with Crippen molar-refractivity contribution < 1.29 is 14.4 Å². The first-order valence-corrected chi connectivity index (χ1v) is 11.4. The number of aryl methyl sites for hydroxylation is 1. The van der Waals surface area contributed by atoms with E-state index in [0.717, 1.165) is 61.7 Å². The number of rotatable bonds is 4. The highest BCUT2D eigenvalue weighted by Crippen LogP contribution is 2.41. The van der Waals surface area contributed by atoms with E-state index in [1.165, 1.54) is 21.8 Å². The van der Waals surface area contributed by atoms with Crippen molar-refractivity contribution in [1.29, 1.82) is 5.26 Å². The van der Waals surface area contributed by atoms with Crippen molar-refractivity contribution >= 4 is 21.6 Å². The number of fused-ring (bicyclic) bond motifs is 3. The van der Waals surface area contributed by atoms with Crippen LogP contribution in [-0.2, 0) is 24.1 Å². The molecule has 1 aliphatic heterocycles. The van der Waals surface area contributed by atoms with Gasteiger partial charge in [0.1, 0.15) is 30.2 Å². The Hall–Kier alpha value is -2.53. The smallest absolute Gasteiger partial charge is 0.231 e. The molecule has 1 saturated heterocycles. The van der Waals surface area contributed by atoms with Crippen LogP contribution in [0.5, 0.6) is 11.6 Å². The Morgan fingerprint density at radius 2 is 2.17 bits per heavy atom. The van der Waals surface area contributed by atoms with Gasteiger partial charge in [0, 0.05) is 4.88 Å². The third-order valence-electron chi connectivity index (χ3n) is 5.95. The van der Waals surface area contributed by atoms with Crippen LogP contribution in [0.15, 0.2) is 24.3 Å². The minimum atomic E-state index is 0.581. The number of aromatic nitrogens is 2. The maximum atomic E-state index is 9.23. The van der Waals surface area contributed by atoms with E-state index in [1.54, 1.807) is 23.5 Å². The molecule has 3 heterocycles. The summed E-state index contributed by atoms with van der Waals surface area (Å²) in [6.07, 6.45) is 3.33. The summed E-state index contributed by atoms with van der Waals surface area (Å²) in [5.74, 6) is 2.79. The van der Waals surface area contributed by atoms with Crippen LogP contribution in [0.25, 0.3) is 10.2 Å². The standard InChI is InChI=1S/C23H24N4O2S/c1-15-5-6-18-19(11-15)30-23-21(18)22(29-17-4-2-3-16(12-17)13-24)25-20(26-23)14-27-7-9-28-10-8-27/h2-4,12,15H,5-11,14H2,1H3/p+1/t15-/m0/s1. The van der Waals surface area contributed by atoms with E-state index >= 15 is 0 Å². The number of nitrogens with one attached hydrogen (secondary N) is 1. The van der Waals surface area contributed by atoms with E-state index in [0.29, 0.717) is 23.1 Å². The zero-order chi connectivity index (χ0) is 20.5. The monoisotopic (exact) mass is 421 g/mol. The molecule has 0 spiro atoms. The van der Waals surface area contributed by atoms with Gasteiger partial charge in [0.05, 0.1) is 30.2 Å². The molecule has 1 N–H and O–H groups in total. The molecule has 6 nitrogen and oxygen atoms in total. The molecular weight excluding hydrogens is 396 g/mol. The first-order valence-electron chi connectivity index (χ1n) is 10.6. The normalized spacial score (nSPS) is 19.4. The van der Waals surface area contributed by atoms with Crippen LogP contribution in [0, 0.1) is 17.2 Å². The Bertz CT molecular complexity index is 1110. The molecule has 1 aliphatic carbocycles. The quantitative estimate of drug-likeness (QED) is 0.701. The molecule has 0 unspecified atom stereocenters. The lowest BCUT2D eigenvalue weighted by atomic mass is 9.89. The fraction of sp³-hybridized carbons (Fsp3) is 0.435. The highest BCUT2D eigenvalue weighted by molar-refractivity contribution is 7.18. The fourth-order valence-electron chi connectivity index (χ4n) is 4.31. The van der Waals surface area contributed by atoms with Gasteiger partial charge in [-0.1, -0.05) is 13.0 Å². The highest BCUT2D eigenvalue weighted by atomic mass is 32.1. The first-order chi connectivity index (χ1) is 14.7. The highest BCUT2D eigenvalue weighted by Gasteiger charge is 2.26. The maximum absolute atomic E-state index is 9.23. The van der Waals surface area contributed by atoms with Crippen LogP contribution in [0.3, 0.4) is 0 Å². The Kier molecular flexibility index (Phi) is 5.38. The molecule has 0 radical (unpaired) electrons. The number of thiophene rings is 1. The zero-order valence-corrected chi connectivity index (χ0v) is 17.9. The van der Waals surface area contributed by atoms with Gasteiger partial charge >= 0.3 is 0 Å². The Morgan fingerprint density at radius 3 is 3.00 bits per heavy atom. The van der Waals surface area contributed by atoms with E-state index in [-0.39, 0.29) is 0 Å². The summed E-state index contributed by atoms with van der Waals surface area (Å²) in [6, 6.07) is 9.45. The second-order valence-electron chi connectivity index (χ2n) is 8.26. The lowest BCUT2D eigenvalue weighted by Crippen LogP contribution is -3.12. The molecule has 0 saturated carbocycles. The lowest BCUT2D eigenvalue weighted by Gasteiger charge is -2.23. The van der Waals surface area contributed by atoms with Gasteiger partial charge in [0.25, 0.3) is 0 Å². The second kappa shape index (κ2) is 8.31.